The van der Waals surface area contributed by atoms with Crippen LogP contribution in [0.2, 0.25) is 0 Å². The van der Waals surface area contributed by atoms with Crippen molar-refractivity contribution >= 4 is 28.3 Å². The zero-order valence-electron chi connectivity index (χ0n) is 14.0. The fraction of sp³-hybridized carbons (Fsp3) is 0.100. The fourth-order valence-electron chi connectivity index (χ4n) is 2.53. The molecule has 0 aliphatic rings. The van der Waals surface area contributed by atoms with Gasteiger partial charge in [0.05, 0.1) is 5.56 Å². The molecule has 0 fully saturated rings. The molecule has 0 spiro atoms. The van der Waals surface area contributed by atoms with Crippen LogP contribution in [-0.4, -0.2) is 25.1 Å². The van der Waals surface area contributed by atoms with Crippen molar-refractivity contribution in [3.63, 3.8) is 0 Å². The number of amides is 1. The van der Waals surface area contributed by atoms with E-state index in [1.54, 1.807) is 18.2 Å². The summed E-state index contributed by atoms with van der Waals surface area (Å²) >= 11 is 0. The summed E-state index contributed by atoms with van der Waals surface area (Å²) in [5.41, 5.74) is 0.734. The zero-order valence-corrected chi connectivity index (χ0v) is 14.0. The predicted molar refractivity (Wildman–Crippen MR) is 95.9 cm³/mol. The molecule has 0 atom stereocenters. The molecular weight excluding hydrogens is 356 g/mol. The number of carbonyl (C=O) groups excluding carboxylic acids is 2. The SMILES string of the molecule is O=C(COC(=O)c1cccc2ccccc12)Nc1ccc(OC(F)F)cc1. The number of anilines is 1. The van der Waals surface area contributed by atoms with Crippen LogP contribution >= 0.6 is 0 Å². The van der Waals surface area contributed by atoms with E-state index in [-0.39, 0.29) is 5.75 Å². The second-order valence-electron chi connectivity index (χ2n) is 5.55. The van der Waals surface area contributed by atoms with E-state index in [1.807, 2.05) is 24.3 Å². The first-order valence-electron chi connectivity index (χ1n) is 8.02. The highest BCUT2D eigenvalue weighted by atomic mass is 19.3. The Morgan fingerprint density at radius 1 is 0.926 bits per heavy atom. The number of halogens is 2. The quantitative estimate of drug-likeness (QED) is 0.659. The van der Waals surface area contributed by atoms with Crippen molar-refractivity contribution in [3.8, 4) is 5.75 Å². The molecule has 0 saturated carbocycles. The van der Waals surface area contributed by atoms with Crippen molar-refractivity contribution in [2.75, 3.05) is 11.9 Å². The van der Waals surface area contributed by atoms with E-state index in [1.165, 1.54) is 24.3 Å². The van der Waals surface area contributed by atoms with Gasteiger partial charge in [0.25, 0.3) is 5.91 Å². The van der Waals surface area contributed by atoms with Gasteiger partial charge in [-0.25, -0.2) is 4.79 Å². The van der Waals surface area contributed by atoms with Gasteiger partial charge in [0.2, 0.25) is 0 Å². The van der Waals surface area contributed by atoms with Gasteiger partial charge in [-0.3, -0.25) is 4.79 Å². The van der Waals surface area contributed by atoms with E-state index in [0.717, 1.165) is 10.8 Å². The molecule has 0 saturated heterocycles. The smallest absolute Gasteiger partial charge is 0.387 e. The lowest BCUT2D eigenvalue weighted by atomic mass is 10.1. The average molecular weight is 371 g/mol. The summed E-state index contributed by atoms with van der Waals surface area (Å²) in [5, 5.41) is 4.13. The maximum absolute atomic E-state index is 12.3. The molecular formula is C20H15F2NO4. The first kappa shape index (κ1) is 18.3. The van der Waals surface area contributed by atoms with Gasteiger partial charge in [-0.15, -0.1) is 0 Å². The van der Waals surface area contributed by atoms with Gasteiger partial charge in [-0.05, 0) is 41.1 Å². The van der Waals surface area contributed by atoms with Crippen LogP contribution in [-0.2, 0) is 9.53 Å². The molecule has 3 rings (SSSR count). The summed E-state index contributed by atoms with van der Waals surface area (Å²) in [6.45, 7) is -3.39. The first-order valence-corrected chi connectivity index (χ1v) is 8.02. The Bertz CT molecular complexity index is 952. The summed E-state index contributed by atoms with van der Waals surface area (Å²) in [4.78, 5) is 24.2. The van der Waals surface area contributed by atoms with E-state index in [2.05, 4.69) is 10.1 Å². The number of nitrogens with one attached hydrogen (secondary N) is 1. The van der Waals surface area contributed by atoms with Crippen LogP contribution in [0.25, 0.3) is 10.8 Å². The van der Waals surface area contributed by atoms with Crippen molar-refractivity contribution in [3.05, 3.63) is 72.3 Å². The second-order valence-corrected chi connectivity index (χ2v) is 5.55. The van der Waals surface area contributed by atoms with Gasteiger partial charge in [0.1, 0.15) is 5.75 Å². The number of fused-ring (bicyclic) bond motifs is 1. The van der Waals surface area contributed by atoms with Gasteiger partial charge in [-0.2, -0.15) is 8.78 Å². The molecule has 0 unspecified atom stereocenters. The minimum absolute atomic E-state index is 0.0228. The highest BCUT2D eigenvalue weighted by Gasteiger charge is 2.13. The van der Waals surface area contributed by atoms with Crippen molar-refractivity contribution in [2.24, 2.45) is 0 Å². The first-order chi connectivity index (χ1) is 13.0. The molecule has 138 valence electrons. The normalized spacial score (nSPS) is 10.6. The van der Waals surface area contributed by atoms with Crippen LogP contribution in [0.5, 0.6) is 5.75 Å². The molecule has 3 aromatic rings. The standard InChI is InChI=1S/C20H15F2NO4/c21-20(22)27-15-10-8-14(9-11-15)23-18(24)12-26-19(25)17-7-3-5-13-4-1-2-6-16(13)17/h1-11,20H,12H2,(H,23,24). The van der Waals surface area contributed by atoms with Crippen molar-refractivity contribution in [2.45, 2.75) is 6.61 Å². The molecule has 5 nitrogen and oxygen atoms in total. The van der Waals surface area contributed by atoms with Crippen LogP contribution < -0.4 is 10.1 Å². The molecule has 0 bridgehead atoms. The number of carbonyl (C=O) groups is 2. The number of benzene rings is 3. The number of esters is 1. The highest BCUT2D eigenvalue weighted by Crippen LogP contribution is 2.20. The van der Waals surface area contributed by atoms with Crippen molar-refractivity contribution in [1.29, 1.82) is 0 Å². The molecule has 0 aromatic heterocycles. The lowest BCUT2D eigenvalue weighted by Gasteiger charge is -2.09. The third-order valence-electron chi connectivity index (χ3n) is 3.71. The third kappa shape index (κ3) is 4.78. The highest BCUT2D eigenvalue weighted by molar-refractivity contribution is 6.05. The lowest BCUT2D eigenvalue weighted by Crippen LogP contribution is -2.21. The van der Waals surface area contributed by atoms with Gasteiger partial charge in [-0.1, -0.05) is 36.4 Å². The van der Waals surface area contributed by atoms with Crippen LogP contribution in [0.15, 0.2) is 66.7 Å². The molecule has 0 radical (unpaired) electrons. The van der Waals surface area contributed by atoms with Crippen LogP contribution in [0, 0.1) is 0 Å². The van der Waals surface area contributed by atoms with Gasteiger partial charge in [0, 0.05) is 5.69 Å². The van der Waals surface area contributed by atoms with Crippen LogP contribution in [0.3, 0.4) is 0 Å². The Balaban J connectivity index is 1.58. The molecule has 3 aromatic carbocycles. The monoisotopic (exact) mass is 371 g/mol. The Morgan fingerprint density at radius 3 is 2.37 bits per heavy atom. The Morgan fingerprint density at radius 2 is 1.63 bits per heavy atom. The largest absolute Gasteiger partial charge is 0.452 e. The zero-order chi connectivity index (χ0) is 19.2. The average Bonchev–Trinajstić information content (AvgIpc) is 2.67. The molecule has 7 heteroatoms. The topological polar surface area (TPSA) is 64.6 Å². The van der Waals surface area contributed by atoms with Gasteiger partial charge < -0.3 is 14.8 Å². The van der Waals surface area contributed by atoms with Crippen LogP contribution in [0.1, 0.15) is 10.4 Å². The summed E-state index contributed by atoms with van der Waals surface area (Å²) in [6.07, 6.45) is 0. The predicted octanol–water partition coefficient (Wildman–Crippen LogP) is 4.24. The van der Waals surface area contributed by atoms with Crippen molar-refractivity contribution < 1.29 is 27.8 Å². The summed E-state index contributed by atoms with van der Waals surface area (Å²) in [7, 11) is 0. The molecule has 1 amide bonds. The Hall–Kier alpha value is -3.48. The summed E-state index contributed by atoms with van der Waals surface area (Å²) in [6, 6.07) is 18.0. The third-order valence-corrected chi connectivity index (χ3v) is 3.71. The summed E-state index contributed by atoms with van der Waals surface area (Å²) in [5.74, 6) is -1.18. The molecule has 0 aliphatic carbocycles. The van der Waals surface area contributed by atoms with Gasteiger partial charge >= 0.3 is 12.6 Å². The maximum atomic E-state index is 12.3. The maximum Gasteiger partial charge on any atom is 0.387 e. The van der Waals surface area contributed by atoms with E-state index < -0.39 is 25.1 Å². The van der Waals surface area contributed by atoms with Crippen LogP contribution in [0.4, 0.5) is 14.5 Å². The number of hydrogen-bond donors (Lipinski definition) is 1. The summed E-state index contributed by atoms with van der Waals surface area (Å²) < 4.78 is 33.5. The molecule has 27 heavy (non-hydrogen) atoms. The van der Waals surface area contributed by atoms with Gasteiger partial charge in [0.15, 0.2) is 6.61 Å². The molecule has 0 aliphatic heterocycles. The van der Waals surface area contributed by atoms with Crippen molar-refractivity contribution in [1.82, 2.24) is 0 Å². The Labute approximate surface area is 153 Å². The number of ether oxygens (including phenoxy) is 2. The minimum Gasteiger partial charge on any atom is -0.452 e. The number of rotatable bonds is 6. The second kappa shape index (κ2) is 8.27. The van der Waals surface area contributed by atoms with E-state index >= 15 is 0 Å². The lowest BCUT2D eigenvalue weighted by molar-refractivity contribution is -0.119. The number of alkyl halides is 2. The Kier molecular flexibility index (Phi) is 5.61. The number of hydrogen-bond acceptors (Lipinski definition) is 4. The molecule has 1 N–H and O–H groups in total. The molecule has 0 heterocycles. The van der Waals surface area contributed by atoms with E-state index in [4.69, 9.17) is 4.74 Å². The minimum atomic E-state index is -2.92. The van der Waals surface area contributed by atoms with E-state index in [9.17, 15) is 18.4 Å². The van der Waals surface area contributed by atoms with E-state index in [0.29, 0.717) is 11.3 Å². The fourth-order valence-corrected chi connectivity index (χ4v) is 2.53.